The van der Waals surface area contributed by atoms with Gasteiger partial charge in [0.05, 0.1) is 16.3 Å². The predicted octanol–water partition coefficient (Wildman–Crippen LogP) is 4.85. The minimum absolute atomic E-state index is 0.0347. The van der Waals surface area contributed by atoms with Gasteiger partial charge < -0.3 is 0 Å². The number of anilines is 1. The fourth-order valence-corrected chi connectivity index (χ4v) is 5.17. The van der Waals surface area contributed by atoms with Gasteiger partial charge in [-0.2, -0.15) is 0 Å². The Kier molecular flexibility index (Phi) is 5.19. The molecule has 0 fully saturated rings. The number of hydrogen-bond acceptors (Lipinski definition) is 6. The summed E-state index contributed by atoms with van der Waals surface area (Å²) in [5.74, 6) is 0.00179. The molecule has 1 aromatic carbocycles. The van der Waals surface area contributed by atoms with E-state index in [0.717, 1.165) is 38.8 Å². The van der Waals surface area contributed by atoms with Crippen LogP contribution in [0.4, 0.5) is 5.13 Å². The van der Waals surface area contributed by atoms with Crippen molar-refractivity contribution in [1.82, 2.24) is 9.97 Å². The normalized spacial score (nSPS) is 14.9. The molecule has 5 nitrogen and oxygen atoms in total. The molecule has 1 aliphatic rings. The summed E-state index contributed by atoms with van der Waals surface area (Å²) in [5.41, 5.74) is 3.39. The molecular weight excluding hydrogens is 390 g/mol. The van der Waals surface area contributed by atoms with E-state index in [1.807, 2.05) is 48.7 Å². The van der Waals surface area contributed by atoms with Gasteiger partial charge in [-0.15, -0.1) is 22.7 Å². The number of amides is 1. The van der Waals surface area contributed by atoms with E-state index in [9.17, 15) is 9.59 Å². The van der Waals surface area contributed by atoms with Gasteiger partial charge in [0.25, 0.3) is 0 Å². The lowest BCUT2D eigenvalue weighted by molar-refractivity contribution is -0.116. The first-order valence-corrected chi connectivity index (χ1v) is 10.8. The number of carbonyl (C=O) groups is 2. The average molecular weight is 410 g/mol. The van der Waals surface area contributed by atoms with E-state index < -0.39 is 0 Å². The summed E-state index contributed by atoms with van der Waals surface area (Å²) in [4.78, 5) is 36.2. The van der Waals surface area contributed by atoms with Gasteiger partial charge in [-0.05, 0) is 25.8 Å². The molecule has 0 bridgehead atoms. The van der Waals surface area contributed by atoms with E-state index in [0.29, 0.717) is 18.1 Å². The Morgan fingerprint density at radius 1 is 1.21 bits per heavy atom. The Morgan fingerprint density at radius 3 is 2.71 bits per heavy atom. The number of nitrogens with zero attached hydrogens (tertiary/aromatic N) is 3. The van der Waals surface area contributed by atoms with Crippen LogP contribution in [0.1, 0.15) is 41.3 Å². The Labute approximate surface area is 171 Å². The van der Waals surface area contributed by atoms with Crippen LogP contribution in [0.15, 0.2) is 41.3 Å². The molecule has 0 saturated carbocycles. The van der Waals surface area contributed by atoms with E-state index in [4.69, 9.17) is 0 Å². The lowest BCUT2D eigenvalue weighted by Crippen LogP contribution is -2.27. The van der Waals surface area contributed by atoms with E-state index in [1.165, 1.54) is 29.6 Å². The van der Waals surface area contributed by atoms with E-state index in [1.54, 1.807) is 4.90 Å². The predicted molar refractivity (Wildman–Crippen MR) is 114 cm³/mol. The van der Waals surface area contributed by atoms with Crippen LogP contribution in [0.25, 0.3) is 16.6 Å². The van der Waals surface area contributed by atoms with Crippen LogP contribution in [0.2, 0.25) is 0 Å². The maximum atomic E-state index is 13.0. The van der Waals surface area contributed by atoms with Crippen molar-refractivity contribution in [2.24, 2.45) is 0 Å². The summed E-state index contributed by atoms with van der Waals surface area (Å²) in [7, 11) is 0. The molecule has 28 heavy (non-hydrogen) atoms. The molecule has 1 amide bonds. The van der Waals surface area contributed by atoms with Gasteiger partial charge in [-0.3, -0.25) is 14.5 Å². The standard InChI is InChI=1S/C21H19N3O2S2/c1-3-24(13(2)25)21-22-16(12-27-21)11-15-9-10-17-19(18(15)26)28-20(23-17)14-7-5-4-6-8-14/h4-8,11-12H,3,9-10H2,1-2H3/b15-11+. The second kappa shape index (κ2) is 7.77. The molecule has 0 atom stereocenters. The first-order valence-electron chi connectivity index (χ1n) is 9.11. The monoisotopic (exact) mass is 409 g/mol. The summed E-state index contributed by atoms with van der Waals surface area (Å²) in [6, 6.07) is 9.94. The van der Waals surface area contributed by atoms with Crippen molar-refractivity contribution < 1.29 is 9.59 Å². The second-order valence-electron chi connectivity index (χ2n) is 6.48. The fraction of sp³-hybridized carbons (Fsp3) is 0.238. The Balaban J connectivity index is 1.61. The number of Topliss-reactive ketones (excluding diaryl/α,β-unsaturated/α-hetero) is 1. The van der Waals surface area contributed by atoms with Gasteiger partial charge in [0, 0.05) is 30.0 Å². The minimum atomic E-state index is -0.0347. The molecule has 2 heterocycles. The van der Waals surface area contributed by atoms with Crippen molar-refractivity contribution in [1.29, 1.82) is 0 Å². The van der Waals surface area contributed by atoms with Crippen LogP contribution < -0.4 is 4.90 Å². The van der Waals surface area contributed by atoms with E-state index >= 15 is 0 Å². The summed E-state index contributed by atoms with van der Waals surface area (Å²) in [5, 5.41) is 3.44. The van der Waals surface area contributed by atoms with Crippen LogP contribution in [0.5, 0.6) is 0 Å². The van der Waals surface area contributed by atoms with Crippen molar-refractivity contribution in [2.75, 3.05) is 11.4 Å². The number of benzene rings is 1. The Bertz CT molecular complexity index is 1070. The van der Waals surface area contributed by atoms with Gasteiger partial charge in [-0.25, -0.2) is 9.97 Å². The van der Waals surface area contributed by atoms with E-state index in [-0.39, 0.29) is 11.7 Å². The molecule has 0 radical (unpaired) electrons. The summed E-state index contributed by atoms with van der Waals surface area (Å²) >= 11 is 2.87. The summed E-state index contributed by atoms with van der Waals surface area (Å²) < 4.78 is 0. The largest absolute Gasteiger partial charge is 0.289 e. The molecule has 7 heteroatoms. The molecular formula is C21H19N3O2S2. The van der Waals surface area contributed by atoms with Crippen LogP contribution >= 0.6 is 22.7 Å². The lowest BCUT2D eigenvalue weighted by atomic mass is 9.95. The van der Waals surface area contributed by atoms with Gasteiger partial charge in [-0.1, -0.05) is 30.3 Å². The Morgan fingerprint density at radius 2 is 2.00 bits per heavy atom. The van der Waals surface area contributed by atoms with Crippen molar-refractivity contribution in [3.8, 4) is 10.6 Å². The molecule has 4 rings (SSSR count). The number of ketones is 1. The van der Waals surface area contributed by atoms with Gasteiger partial charge in [0.1, 0.15) is 5.01 Å². The molecule has 2 aromatic heterocycles. The third-order valence-electron chi connectivity index (χ3n) is 4.61. The fourth-order valence-electron chi connectivity index (χ4n) is 3.19. The molecule has 0 saturated heterocycles. The topological polar surface area (TPSA) is 63.2 Å². The van der Waals surface area contributed by atoms with Crippen LogP contribution in [0, 0.1) is 0 Å². The smallest absolute Gasteiger partial charge is 0.225 e. The van der Waals surface area contributed by atoms with Gasteiger partial charge >= 0.3 is 0 Å². The molecule has 1 aliphatic carbocycles. The Hall–Kier alpha value is -2.64. The quantitative estimate of drug-likeness (QED) is 0.578. The van der Waals surface area contributed by atoms with Crippen LogP contribution in [-0.4, -0.2) is 28.2 Å². The van der Waals surface area contributed by atoms with E-state index in [2.05, 4.69) is 9.97 Å². The summed E-state index contributed by atoms with van der Waals surface area (Å²) in [6.07, 6.45) is 3.25. The lowest BCUT2D eigenvalue weighted by Gasteiger charge is -2.14. The first-order chi connectivity index (χ1) is 13.6. The number of fused-ring (bicyclic) bond motifs is 1. The molecule has 142 valence electrons. The number of rotatable bonds is 4. The minimum Gasteiger partial charge on any atom is -0.289 e. The van der Waals surface area contributed by atoms with Gasteiger partial charge in [0.15, 0.2) is 5.13 Å². The molecule has 0 spiro atoms. The van der Waals surface area contributed by atoms with Crippen LogP contribution in [0.3, 0.4) is 0 Å². The van der Waals surface area contributed by atoms with Crippen molar-refractivity contribution in [2.45, 2.75) is 26.7 Å². The highest BCUT2D eigenvalue weighted by atomic mass is 32.1. The third kappa shape index (κ3) is 3.55. The SMILES string of the molecule is CCN(C(C)=O)c1nc(/C=C2\CCc3nc(-c4ccccc4)sc3C2=O)cs1. The maximum absolute atomic E-state index is 13.0. The molecule has 3 aromatic rings. The molecule has 0 unspecified atom stereocenters. The highest BCUT2D eigenvalue weighted by Gasteiger charge is 2.27. The number of aryl methyl sites for hydroxylation is 1. The van der Waals surface area contributed by atoms with Gasteiger partial charge in [0.2, 0.25) is 11.7 Å². The van der Waals surface area contributed by atoms with Crippen molar-refractivity contribution in [3.63, 3.8) is 0 Å². The zero-order chi connectivity index (χ0) is 19.7. The molecule has 0 N–H and O–H groups in total. The average Bonchev–Trinajstić information content (AvgIpc) is 3.33. The van der Waals surface area contributed by atoms with Crippen LogP contribution in [-0.2, 0) is 11.2 Å². The molecule has 0 aliphatic heterocycles. The number of hydrogen-bond donors (Lipinski definition) is 0. The number of aromatic nitrogens is 2. The first kappa shape index (κ1) is 18.7. The number of thiazole rings is 2. The second-order valence-corrected chi connectivity index (χ2v) is 8.31. The highest BCUT2D eigenvalue weighted by molar-refractivity contribution is 7.17. The zero-order valence-electron chi connectivity index (χ0n) is 15.6. The number of allylic oxidation sites excluding steroid dienone is 1. The van der Waals surface area contributed by atoms with Crippen molar-refractivity contribution in [3.05, 3.63) is 57.6 Å². The third-order valence-corrected chi connectivity index (χ3v) is 6.63. The highest BCUT2D eigenvalue weighted by Crippen LogP contribution is 2.35. The van der Waals surface area contributed by atoms with Crippen molar-refractivity contribution >= 4 is 45.6 Å². The number of carbonyl (C=O) groups excluding carboxylic acids is 2. The zero-order valence-corrected chi connectivity index (χ0v) is 17.3. The maximum Gasteiger partial charge on any atom is 0.225 e. The summed E-state index contributed by atoms with van der Waals surface area (Å²) in [6.45, 7) is 4.02.